The van der Waals surface area contributed by atoms with Crippen molar-refractivity contribution in [3.63, 3.8) is 0 Å². The molecule has 5 aromatic carbocycles. The summed E-state index contributed by atoms with van der Waals surface area (Å²) in [5, 5.41) is 18.0. The number of nitrogens with zero attached hydrogens (tertiary/aromatic N) is 1. The summed E-state index contributed by atoms with van der Waals surface area (Å²) in [4.78, 5) is 28.0. The Labute approximate surface area is 374 Å². The predicted octanol–water partition coefficient (Wildman–Crippen LogP) is 9.93. The molecule has 0 atom stereocenters. The molecule has 21 heteroatoms. The highest BCUT2D eigenvalue weighted by Gasteiger charge is 2.20. The van der Waals surface area contributed by atoms with Gasteiger partial charge in [0.2, 0.25) is 31.9 Å². The van der Waals surface area contributed by atoms with Crippen molar-refractivity contribution in [2.75, 3.05) is 10.6 Å². The van der Waals surface area contributed by atoms with Crippen LogP contribution in [0, 0.1) is 0 Å². The molecule has 1 heterocycles. The number of rotatable bonds is 12. The summed E-state index contributed by atoms with van der Waals surface area (Å²) in [7, 11) is -8.28. The van der Waals surface area contributed by atoms with Crippen molar-refractivity contribution in [3.8, 4) is 23.0 Å². The van der Waals surface area contributed by atoms with E-state index in [0.717, 1.165) is 0 Å². The topological polar surface area (TPSA) is 210 Å². The van der Waals surface area contributed by atoms with E-state index < -0.39 is 31.9 Å². The van der Waals surface area contributed by atoms with Crippen LogP contribution in [-0.4, -0.2) is 33.6 Å². The second-order valence-electron chi connectivity index (χ2n) is 12.3. The first-order valence-corrected chi connectivity index (χ1v) is 22.1. The Morgan fingerprint density at radius 2 is 1.00 bits per heavy atom. The minimum absolute atomic E-state index is 0.00138. The minimum atomic E-state index is -4.15. The number of nitrogens with one attached hydrogen (secondary N) is 2. The van der Waals surface area contributed by atoms with E-state index in [-0.39, 0.29) is 50.7 Å². The molecular weight excluding hydrogens is 943 g/mol. The number of anilines is 2. The van der Waals surface area contributed by atoms with Crippen LogP contribution < -0.4 is 30.4 Å². The summed E-state index contributed by atoms with van der Waals surface area (Å²) >= 11 is 35.6. The molecule has 0 bridgehead atoms. The van der Waals surface area contributed by atoms with Gasteiger partial charge >= 0.3 is 0 Å². The largest absolute Gasteiger partial charge is 0.456 e. The molecule has 0 radical (unpaired) electrons. The fraction of sp³-hybridized carbons (Fsp3) is 0.0513. The van der Waals surface area contributed by atoms with Crippen LogP contribution in [0.3, 0.4) is 0 Å². The number of ether oxygens (including phenoxy) is 2. The zero-order chi connectivity index (χ0) is 43.8. The van der Waals surface area contributed by atoms with Crippen LogP contribution in [0.15, 0.2) is 125 Å². The molecule has 0 aliphatic rings. The number of pyridine rings is 1. The summed E-state index contributed by atoms with van der Waals surface area (Å²) in [5.74, 6) is -0.190. The number of carbonyl (C=O) groups excluding carboxylic acids is 2. The van der Waals surface area contributed by atoms with E-state index in [4.69, 9.17) is 89.4 Å². The lowest BCUT2D eigenvalue weighted by molar-refractivity contribution is -0.116. The molecule has 6 aromatic rings. The summed E-state index contributed by atoms with van der Waals surface area (Å²) < 4.78 is 59.4. The predicted molar refractivity (Wildman–Crippen MR) is 234 cm³/mol. The van der Waals surface area contributed by atoms with E-state index in [0.29, 0.717) is 47.7 Å². The van der Waals surface area contributed by atoms with Crippen molar-refractivity contribution in [2.45, 2.75) is 22.6 Å². The molecule has 13 nitrogen and oxygen atoms in total. The Bertz CT molecular complexity index is 2630. The van der Waals surface area contributed by atoms with Gasteiger partial charge in [0.15, 0.2) is 0 Å². The van der Waals surface area contributed by atoms with Gasteiger partial charge in [-0.15, -0.1) is 0 Å². The van der Waals surface area contributed by atoms with Crippen LogP contribution >= 0.6 is 69.6 Å². The van der Waals surface area contributed by atoms with E-state index in [1.54, 1.807) is 48.5 Å². The molecule has 0 unspecified atom stereocenters. The van der Waals surface area contributed by atoms with Crippen molar-refractivity contribution in [1.29, 1.82) is 0 Å². The second-order valence-corrected chi connectivity index (χ2v) is 17.9. The van der Waals surface area contributed by atoms with Gasteiger partial charge in [0, 0.05) is 42.7 Å². The number of aromatic nitrogens is 1. The molecule has 0 spiro atoms. The highest BCUT2D eigenvalue weighted by molar-refractivity contribution is 7.89. The Morgan fingerprint density at radius 1 is 0.550 bits per heavy atom. The van der Waals surface area contributed by atoms with E-state index in [1.165, 1.54) is 66.9 Å². The summed E-state index contributed by atoms with van der Waals surface area (Å²) in [6.45, 7) is 0. The quantitative estimate of drug-likeness (QED) is 0.0859. The molecule has 6 rings (SSSR count). The van der Waals surface area contributed by atoms with Gasteiger partial charge in [-0.2, -0.15) is 0 Å². The van der Waals surface area contributed by atoms with Gasteiger partial charge in [0.1, 0.15) is 37.9 Å². The first-order valence-electron chi connectivity index (χ1n) is 16.8. The maximum atomic E-state index is 12.4. The van der Waals surface area contributed by atoms with Crippen molar-refractivity contribution in [3.05, 3.63) is 157 Å². The zero-order valence-electron chi connectivity index (χ0n) is 30.3. The molecule has 6 N–H and O–H groups in total. The summed E-state index contributed by atoms with van der Waals surface area (Å²) in [5.41, 5.74) is 1.48. The van der Waals surface area contributed by atoms with Crippen LogP contribution in [0.5, 0.6) is 23.0 Å². The van der Waals surface area contributed by atoms with Gasteiger partial charge < -0.3 is 20.1 Å². The Morgan fingerprint density at radius 3 is 1.43 bits per heavy atom. The zero-order valence-corrected chi connectivity index (χ0v) is 36.5. The number of carbonyl (C=O) groups is 2. The molecule has 0 aliphatic heterocycles. The lowest BCUT2D eigenvalue weighted by atomic mass is 10.1. The van der Waals surface area contributed by atoms with Gasteiger partial charge in [-0.05, 0) is 102 Å². The number of nitrogens with two attached hydrogens (primary N) is 2. The first kappa shape index (κ1) is 46.4. The smallest absolute Gasteiger partial charge is 0.241 e. The average Bonchev–Trinajstić information content (AvgIpc) is 3.15. The highest BCUT2D eigenvalue weighted by atomic mass is 35.5. The number of primary sulfonamides is 2. The Kier molecular flexibility index (Phi) is 15.7. The summed E-state index contributed by atoms with van der Waals surface area (Å²) in [6, 6.07) is 27.3. The second kappa shape index (κ2) is 20.3. The third kappa shape index (κ3) is 13.7. The van der Waals surface area contributed by atoms with Gasteiger partial charge in [-0.3, -0.25) is 9.59 Å². The van der Waals surface area contributed by atoms with E-state index >= 15 is 0 Å². The fourth-order valence-electron chi connectivity index (χ4n) is 5.09. The van der Waals surface area contributed by atoms with Crippen molar-refractivity contribution >= 4 is 113 Å². The normalized spacial score (nSPS) is 11.2. The van der Waals surface area contributed by atoms with Gasteiger partial charge in [-0.25, -0.2) is 32.1 Å². The Balaban J connectivity index is 0.000000228. The molecule has 0 aliphatic carbocycles. The van der Waals surface area contributed by atoms with Gasteiger partial charge in [0.25, 0.3) is 0 Å². The fourth-order valence-corrected chi connectivity index (χ4v) is 7.72. The number of hydrogen-bond donors (Lipinski definition) is 4. The van der Waals surface area contributed by atoms with Crippen LogP contribution in [0.4, 0.5) is 11.4 Å². The number of hydrogen-bond acceptors (Lipinski definition) is 9. The number of halogens is 6. The molecule has 60 heavy (non-hydrogen) atoms. The van der Waals surface area contributed by atoms with Gasteiger partial charge in [-0.1, -0.05) is 87.8 Å². The minimum Gasteiger partial charge on any atom is -0.456 e. The number of sulfonamides is 2. The SMILES string of the molecule is NS(=O)(=O)c1cc(NC(=O)Cc2ccc(Cl)cc2Cl)ccc1Oc1cccc(Cl)c1.NS(=O)(=O)c1cc(NC(=O)Cc2cnc(Cl)cc2Cl)ccc1Oc1cccc(Cl)c1. The first-order chi connectivity index (χ1) is 28.2. The van der Waals surface area contributed by atoms with Gasteiger partial charge in [0.05, 0.1) is 12.8 Å². The Hall–Kier alpha value is -4.65. The molecule has 312 valence electrons. The van der Waals surface area contributed by atoms with Crippen molar-refractivity contribution < 1.29 is 35.9 Å². The molecule has 0 saturated heterocycles. The third-order valence-corrected chi connectivity index (χ3v) is 11.2. The molecule has 1 aromatic heterocycles. The van der Waals surface area contributed by atoms with E-state index in [1.807, 2.05) is 0 Å². The molecule has 2 amide bonds. The maximum absolute atomic E-state index is 12.4. The van der Waals surface area contributed by atoms with E-state index in [9.17, 15) is 26.4 Å². The third-order valence-electron chi connectivity index (χ3n) is 7.73. The standard InChI is InChI=1S/C20H15Cl3N2O4S.C19H14Cl3N3O4S/c21-13-2-1-3-16(9-13)29-18-7-6-15(11-19(18)30(24,27)28)25-20(26)8-12-4-5-14(22)10-17(12)23;20-12-2-1-3-14(7-12)29-16-5-4-13(8-17(16)30(23,27)28)25-19(26)6-11-10-24-18(22)9-15(11)21/h1-7,9-11H,8H2,(H,25,26)(H2,24,27,28);1-5,7-10H,6H2,(H,25,26)(H2,23,27,28). The lowest BCUT2D eigenvalue weighted by Gasteiger charge is -2.13. The highest BCUT2D eigenvalue weighted by Crippen LogP contribution is 2.34. The van der Waals surface area contributed by atoms with Crippen LogP contribution in [0.25, 0.3) is 0 Å². The molecule has 0 saturated carbocycles. The lowest BCUT2D eigenvalue weighted by Crippen LogP contribution is -2.17. The van der Waals surface area contributed by atoms with Crippen LogP contribution in [0.1, 0.15) is 11.1 Å². The summed E-state index contributed by atoms with van der Waals surface area (Å²) in [6.07, 6.45) is 1.28. The number of benzene rings is 5. The van der Waals surface area contributed by atoms with Crippen LogP contribution in [0.2, 0.25) is 30.3 Å². The van der Waals surface area contributed by atoms with E-state index in [2.05, 4.69) is 15.6 Å². The monoisotopic (exact) mass is 969 g/mol. The van der Waals surface area contributed by atoms with Crippen molar-refractivity contribution in [1.82, 2.24) is 4.98 Å². The number of amides is 2. The molecular formula is C39H29Cl6N5O8S2. The maximum Gasteiger partial charge on any atom is 0.241 e. The molecule has 0 fully saturated rings. The average molecular weight is 973 g/mol. The van der Waals surface area contributed by atoms with Crippen molar-refractivity contribution in [2.24, 2.45) is 10.3 Å². The van der Waals surface area contributed by atoms with Crippen LogP contribution in [-0.2, 0) is 42.5 Å².